The van der Waals surface area contributed by atoms with Gasteiger partial charge in [-0.3, -0.25) is 0 Å². The summed E-state index contributed by atoms with van der Waals surface area (Å²) in [6.45, 7) is 6.77. The number of rotatable bonds is 4. The molecule has 8 heteroatoms. The van der Waals surface area contributed by atoms with Gasteiger partial charge in [-0.05, 0) is 45.4 Å². The molecule has 1 aromatic heterocycles. The van der Waals surface area contributed by atoms with Gasteiger partial charge in [0.25, 0.3) is 0 Å². The Morgan fingerprint density at radius 1 is 1.33 bits per heavy atom. The summed E-state index contributed by atoms with van der Waals surface area (Å²) in [4.78, 5) is 26.7. The highest BCUT2D eigenvalue weighted by Gasteiger charge is 2.38. The minimum Gasteiger partial charge on any atom is -0.459 e. The Morgan fingerprint density at radius 2 is 2.07 bits per heavy atom. The summed E-state index contributed by atoms with van der Waals surface area (Å²) in [5, 5.41) is 6.58. The van der Waals surface area contributed by atoms with E-state index >= 15 is 0 Å². The fourth-order valence-electron chi connectivity index (χ4n) is 2.96. The summed E-state index contributed by atoms with van der Waals surface area (Å²) >= 11 is 0. The van der Waals surface area contributed by atoms with Gasteiger partial charge in [-0.15, -0.1) is 0 Å². The van der Waals surface area contributed by atoms with Crippen LogP contribution in [-0.2, 0) is 9.53 Å². The lowest BCUT2D eigenvalue weighted by Gasteiger charge is -2.34. The Hall–Kier alpha value is -3.16. The predicted molar refractivity (Wildman–Crippen MR) is 95.3 cm³/mol. The molecule has 1 atom stereocenters. The molecule has 0 spiro atoms. The van der Waals surface area contributed by atoms with E-state index in [1.165, 1.54) is 23.1 Å². The molecule has 7 nitrogen and oxygen atoms in total. The van der Waals surface area contributed by atoms with E-state index < -0.39 is 23.9 Å². The van der Waals surface area contributed by atoms with Crippen molar-refractivity contribution in [2.24, 2.45) is 0 Å². The number of nitrogens with one attached hydrogen (secondary N) is 1. The van der Waals surface area contributed by atoms with E-state index in [9.17, 15) is 14.0 Å². The van der Waals surface area contributed by atoms with Crippen LogP contribution in [0.4, 0.5) is 15.0 Å². The van der Waals surface area contributed by atoms with E-state index in [-0.39, 0.29) is 17.5 Å². The van der Waals surface area contributed by atoms with Crippen molar-refractivity contribution >= 4 is 17.8 Å². The van der Waals surface area contributed by atoms with Gasteiger partial charge in [0, 0.05) is 11.8 Å². The van der Waals surface area contributed by atoms with Gasteiger partial charge < -0.3 is 14.6 Å². The van der Waals surface area contributed by atoms with Gasteiger partial charge in [0.05, 0.1) is 17.7 Å². The van der Waals surface area contributed by atoms with E-state index in [2.05, 4.69) is 10.5 Å². The number of esters is 1. The first-order chi connectivity index (χ1) is 12.8. The maximum absolute atomic E-state index is 13.7. The number of carbonyl (C=O) groups is 2. The molecule has 2 aromatic rings. The largest absolute Gasteiger partial charge is 0.459 e. The molecule has 3 rings (SSSR count). The topological polar surface area (TPSA) is 84.7 Å². The molecule has 1 aromatic carbocycles. The van der Waals surface area contributed by atoms with Gasteiger partial charge in [-0.1, -0.05) is 17.3 Å². The summed E-state index contributed by atoms with van der Waals surface area (Å²) in [5.74, 6) is -0.299. The monoisotopic (exact) mass is 373 g/mol. The van der Waals surface area contributed by atoms with Gasteiger partial charge in [-0.2, -0.15) is 0 Å². The molecular weight excluding hydrogens is 353 g/mol. The summed E-state index contributed by atoms with van der Waals surface area (Å²) in [6.07, 6.45) is -0.355. The average Bonchev–Trinajstić information content (AvgIpc) is 2.99. The molecule has 0 saturated heterocycles. The predicted octanol–water partition coefficient (Wildman–Crippen LogP) is 3.62. The Morgan fingerprint density at radius 3 is 2.67 bits per heavy atom. The maximum Gasteiger partial charge on any atom is 0.338 e. The van der Waals surface area contributed by atoms with Crippen LogP contribution in [0.15, 0.2) is 46.1 Å². The third kappa shape index (κ3) is 3.69. The third-order valence-electron chi connectivity index (χ3n) is 4.07. The number of ether oxygens (including phenoxy) is 1. The van der Waals surface area contributed by atoms with Crippen molar-refractivity contribution in [3.05, 3.63) is 58.7 Å². The Labute approximate surface area is 155 Å². The second-order valence-corrected chi connectivity index (χ2v) is 6.52. The Kier molecular flexibility index (Phi) is 4.98. The van der Waals surface area contributed by atoms with Gasteiger partial charge in [0.1, 0.15) is 11.6 Å². The molecule has 0 aliphatic carbocycles. The first-order valence-corrected chi connectivity index (χ1v) is 8.49. The van der Waals surface area contributed by atoms with Gasteiger partial charge in [-0.25, -0.2) is 18.9 Å². The number of allylic oxidation sites excluding steroid dienone is 1. The van der Waals surface area contributed by atoms with Crippen LogP contribution >= 0.6 is 0 Å². The average molecular weight is 373 g/mol. The lowest BCUT2D eigenvalue weighted by Crippen LogP contribution is -2.48. The zero-order chi connectivity index (χ0) is 19.7. The highest BCUT2D eigenvalue weighted by Crippen LogP contribution is 2.34. The van der Waals surface area contributed by atoms with E-state index in [0.717, 1.165) is 0 Å². The number of anilines is 1. The van der Waals surface area contributed by atoms with Gasteiger partial charge in [0.15, 0.2) is 5.82 Å². The Bertz CT molecular complexity index is 919. The maximum atomic E-state index is 13.7. The van der Waals surface area contributed by atoms with Crippen LogP contribution in [0.25, 0.3) is 0 Å². The van der Waals surface area contributed by atoms with Crippen molar-refractivity contribution in [2.45, 2.75) is 39.8 Å². The fraction of sp³-hybridized carbons (Fsp3) is 0.316. The summed E-state index contributed by atoms with van der Waals surface area (Å²) in [5.41, 5.74) is 0.982. The standard InChI is InChI=1S/C19H20FN3O4/c1-10(2)26-18(24)16-12(4)23(15-8-11(3)27-22-15)19(25)21-17(16)13-6-5-7-14(20)9-13/h5-10,17H,1-4H3,(H,21,25). The van der Waals surface area contributed by atoms with Crippen LogP contribution in [0.3, 0.4) is 0 Å². The number of halogens is 1. The number of hydrogen-bond acceptors (Lipinski definition) is 5. The zero-order valence-corrected chi connectivity index (χ0v) is 15.4. The number of amides is 2. The van der Waals surface area contributed by atoms with Crippen LogP contribution in [0.5, 0.6) is 0 Å². The highest BCUT2D eigenvalue weighted by molar-refractivity contribution is 6.02. The van der Waals surface area contributed by atoms with Crippen LogP contribution < -0.4 is 10.2 Å². The molecule has 2 amide bonds. The summed E-state index contributed by atoms with van der Waals surface area (Å²) in [7, 11) is 0. The van der Waals surface area contributed by atoms with Crippen molar-refractivity contribution in [2.75, 3.05) is 4.90 Å². The van der Waals surface area contributed by atoms with Crippen LogP contribution in [0.2, 0.25) is 0 Å². The first-order valence-electron chi connectivity index (χ1n) is 8.49. The van der Waals surface area contributed by atoms with Crippen LogP contribution in [0, 0.1) is 12.7 Å². The third-order valence-corrected chi connectivity index (χ3v) is 4.07. The molecule has 0 saturated carbocycles. The molecule has 0 fully saturated rings. The number of hydrogen-bond donors (Lipinski definition) is 1. The second-order valence-electron chi connectivity index (χ2n) is 6.52. The number of nitrogens with zero attached hydrogens (tertiary/aromatic N) is 2. The van der Waals surface area contributed by atoms with E-state index in [1.807, 2.05) is 0 Å². The molecule has 1 aliphatic heterocycles. The summed E-state index contributed by atoms with van der Waals surface area (Å²) < 4.78 is 24.1. The van der Waals surface area contributed by atoms with Gasteiger partial charge >= 0.3 is 12.0 Å². The first kappa shape index (κ1) is 18.6. The number of aromatic nitrogens is 1. The second kappa shape index (κ2) is 7.22. The van der Waals surface area contributed by atoms with Crippen molar-refractivity contribution in [1.29, 1.82) is 0 Å². The lowest BCUT2D eigenvalue weighted by molar-refractivity contribution is -0.143. The minimum absolute atomic E-state index is 0.203. The highest BCUT2D eigenvalue weighted by atomic mass is 19.1. The number of carbonyl (C=O) groups excluding carboxylic acids is 2. The van der Waals surface area contributed by atoms with E-state index in [1.54, 1.807) is 39.8 Å². The van der Waals surface area contributed by atoms with Gasteiger partial charge in [0.2, 0.25) is 0 Å². The minimum atomic E-state index is -0.844. The van der Waals surface area contributed by atoms with Crippen LogP contribution in [0.1, 0.15) is 38.1 Å². The molecular formula is C19H20FN3O4. The fourth-order valence-corrected chi connectivity index (χ4v) is 2.96. The zero-order valence-electron chi connectivity index (χ0n) is 15.4. The molecule has 0 bridgehead atoms. The number of aryl methyl sites for hydroxylation is 1. The quantitative estimate of drug-likeness (QED) is 0.828. The number of benzene rings is 1. The SMILES string of the molecule is CC1=C(C(=O)OC(C)C)C(c2cccc(F)c2)NC(=O)N1c1cc(C)on1. The molecule has 1 unspecified atom stereocenters. The van der Waals surface area contributed by atoms with Crippen molar-refractivity contribution in [1.82, 2.24) is 10.5 Å². The number of urea groups is 1. The molecule has 1 aliphatic rings. The molecule has 0 radical (unpaired) electrons. The normalized spacial score (nSPS) is 17.3. The van der Waals surface area contributed by atoms with Crippen LogP contribution in [-0.4, -0.2) is 23.3 Å². The molecule has 2 heterocycles. The molecule has 27 heavy (non-hydrogen) atoms. The van der Waals surface area contributed by atoms with E-state index in [4.69, 9.17) is 9.26 Å². The lowest BCUT2D eigenvalue weighted by atomic mass is 9.94. The smallest absolute Gasteiger partial charge is 0.338 e. The van der Waals surface area contributed by atoms with Crippen molar-refractivity contribution in [3.63, 3.8) is 0 Å². The Balaban J connectivity index is 2.13. The molecule has 1 N–H and O–H groups in total. The van der Waals surface area contributed by atoms with E-state index in [0.29, 0.717) is 17.0 Å². The summed E-state index contributed by atoms with van der Waals surface area (Å²) in [6, 6.07) is 5.96. The van der Waals surface area contributed by atoms with Crippen molar-refractivity contribution in [3.8, 4) is 0 Å². The molecule has 142 valence electrons. The van der Waals surface area contributed by atoms with Crippen molar-refractivity contribution < 1.29 is 23.2 Å².